The lowest BCUT2D eigenvalue weighted by atomic mass is 9.97. The molecule has 1 aliphatic carbocycles. The van der Waals surface area contributed by atoms with Gasteiger partial charge in [-0.15, -0.1) is 9.24 Å². The van der Waals surface area contributed by atoms with Crippen molar-refractivity contribution >= 4 is 15.1 Å². The summed E-state index contributed by atoms with van der Waals surface area (Å²) >= 11 is 0. The number of carbonyl (C=O) groups is 1. The van der Waals surface area contributed by atoms with Gasteiger partial charge in [0.25, 0.3) is 5.91 Å². The Morgan fingerprint density at radius 3 is 2.62 bits per heavy atom. The fraction of sp³-hybridized carbons (Fsp3) is 0.615. The van der Waals surface area contributed by atoms with E-state index >= 15 is 0 Å². The molecule has 1 amide bonds. The maximum absolute atomic E-state index is 12.4. The van der Waals surface area contributed by atoms with Crippen molar-refractivity contribution in [1.82, 2.24) is 4.90 Å². The number of rotatable bonds is 1. The quantitative estimate of drug-likeness (QED) is 0.642. The minimum absolute atomic E-state index is 0.248. The summed E-state index contributed by atoms with van der Waals surface area (Å²) in [6.45, 7) is 3.97. The SMILES string of the molecule is CC1=C(C(=O)N2CCCCC2)C(P)=CCC1. The van der Waals surface area contributed by atoms with Gasteiger partial charge in [-0.3, -0.25) is 4.79 Å². The van der Waals surface area contributed by atoms with Gasteiger partial charge in [0.1, 0.15) is 0 Å². The lowest BCUT2D eigenvalue weighted by Crippen LogP contribution is -2.37. The molecule has 1 fully saturated rings. The van der Waals surface area contributed by atoms with Crippen LogP contribution in [0.5, 0.6) is 0 Å². The first-order valence-electron chi connectivity index (χ1n) is 6.15. The van der Waals surface area contributed by atoms with Gasteiger partial charge in [-0.2, -0.15) is 0 Å². The fourth-order valence-electron chi connectivity index (χ4n) is 2.48. The van der Waals surface area contributed by atoms with Crippen molar-refractivity contribution in [2.75, 3.05) is 13.1 Å². The van der Waals surface area contributed by atoms with Crippen molar-refractivity contribution in [3.8, 4) is 0 Å². The lowest BCUT2D eigenvalue weighted by Gasteiger charge is -2.29. The second-order valence-electron chi connectivity index (χ2n) is 4.71. The number of carbonyl (C=O) groups excluding carboxylic acids is 1. The van der Waals surface area contributed by atoms with Crippen LogP contribution < -0.4 is 0 Å². The van der Waals surface area contributed by atoms with Gasteiger partial charge in [0, 0.05) is 18.7 Å². The standard InChI is InChI=1S/C13H20NOP/c1-10-6-5-7-11(16)12(10)13(15)14-8-3-2-4-9-14/h7H,2-6,8-9,16H2,1H3. The number of hydrogen-bond donors (Lipinski definition) is 0. The summed E-state index contributed by atoms with van der Waals surface area (Å²) in [5, 5.41) is 1.10. The Morgan fingerprint density at radius 2 is 2.00 bits per heavy atom. The van der Waals surface area contributed by atoms with Crippen molar-refractivity contribution in [2.45, 2.75) is 39.0 Å². The highest BCUT2D eigenvalue weighted by molar-refractivity contribution is 7.23. The van der Waals surface area contributed by atoms with Crippen LogP contribution >= 0.6 is 9.24 Å². The van der Waals surface area contributed by atoms with Gasteiger partial charge in [0.05, 0.1) is 0 Å². The zero-order valence-corrected chi connectivity index (χ0v) is 11.1. The molecule has 88 valence electrons. The number of amides is 1. The molecule has 16 heavy (non-hydrogen) atoms. The molecule has 1 aliphatic heterocycles. The van der Waals surface area contributed by atoms with Crippen molar-refractivity contribution < 1.29 is 4.79 Å². The Kier molecular flexibility index (Phi) is 3.81. The Labute approximate surface area is 100.0 Å². The molecule has 2 aliphatic rings. The molecule has 2 nitrogen and oxygen atoms in total. The number of piperidine rings is 1. The predicted molar refractivity (Wildman–Crippen MR) is 70.2 cm³/mol. The van der Waals surface area contributed by atoms with Crippen LogP contribution in [0.25, 0.3) is 0 Å². The van der Waals surface area contributed by atoms with E-state index < -0.39 is 0 Å². The normalized spacial score (nSPS) is 22.1. The lowest BCUT2D eigenvalue weighted by molar-refractivity contribution is -0.127. The van der Waals surface area contributed by atoms with Gasteiger partial charge >= 0.3 is 0 Å². The Hall–Kier alpha value is -0.620. The monoisotopic (exact) mass is 237 g/mol. The average molecular weight is 237 g/mol. The molecule has 1 heterocycles. The third-order valence-corrected chi connectivity index (χ3v) is 3.98. The molecule has 0 aromatic heterocycles. The first-order valence-corrected chi connectivity index (χ1v) is 6.73. The summed E-state index contributed by atoms with van der Waals surface area (Å²) < 4.78 is 0. The topological polar surface area (TPSA) is 20.3 Å². The van der Waals surface area contributed by atoms with Gasteiger partial charge in [-0.05, 0) is 44.3 Å². The van der Waals surface area contributed by atoms with Gasteiger partial charge in [-0.1, -0.05) is 11.6 Å². The first-order chi connectivity index (χ1) is 7.70. The third kappa shape index (κ3) is 2.38. The number of hydrogen-bond acceptors (Lipinski definition) is 1. The van der Waals surface area contributed by atoms with E-state index in [9.17, 15) is 4.79 Å². The molecule has 1 unspecified atom stereocenters. The largest absolute Gasteiger partial charge is 0.339 e. The maximum Gasteiger partial charge on any atom is 0.254 e. The molecule has 0 saturated carbocycles. The Balaban J connectivity index is 2.16. The highest BCUT2D eigenvalue weighted by atomic mass is 31.0. The number of likely N-dealkylation sites (tertiary alicyclic amines) is 1. The van der Waals surface area contributed by atoms with Gasteiger partial charge in [0.2, 0.25) is 0 Å². The molecule has 0 bridgehead atoms. The molecule has 0 radical (unpaired) electrons. The zero-order chi connectivity index (χ0) is 11.5. The van der Waals surface area contributed by atoms with E-state index in [1.165, 1.54) is 12.0 Å². The molecule has 0 N–H and O–H groups in total. The minimum atomic E-state index is 0.248. The molecular weight excluding hydrogens is 217 g/mol. The molecule has 1 saturated heterocycles. The maximum atomic E-state index is 12.4. The van der Waals surface area contributed by atoms with Crippen molar-refractivity contribution in [3.05, 3.63) is 22.5 Å². The minimum Gasteiger partial charge on any atom is -0.339 e. The van der Waals surface area contributed by atoms with E-state index in [0.717, 1.165) is 49.7 Å². The molecule has 2 rings (SSSR count). The Bertz CT molecular complexity index is 351. The summed E-state index contributed by atoms with van der Waals surface area (Å²) in [6.07, 6.45) is 7.86. The van der Waals surface area contributed by atoms with Crippen LogP contribution in [0.2, 0.25) is 0 Å². The van der Waals surface area contributed by atoms with Crippen LogP contribution in [0.15, 0.2) is 22.5 Å². The van der Waals surface area contributed by atoms with Crippen LogP contribution in [0, 0.1) is 0 Å². The van der Waals surface area contributed by atoms with E-state index in [2.05, 4.69) is 22.2 Å². The highest BCUT2D eigenvalue weighted by Crippen LogP contribution is 2.31. The molecule has 0 aromatic carbocycles. The zero-order valence-electron chi connectivity index (χ0n) is 9.96. The van der Waals surface area contributed by atoms with E-state index in [1.807, 2.05) is 4.90 Å². The van der Waals surface area contributed by atoms with Gasteiger partial charge in [-0.25, -0.2) is 0 Å². The predicted octanol–water partition coefficient (Wildman–Crippen LogP) is 2.87. The highest BCUT2D eigenvalue weighted by Gasteiger charge is 2.24. The van der Waals surface area contributed by atoms with Crippen molar-refractivity contribution in [3.63, 3.8) is 0 Å². The van der Waals surface area contributed by atoms with E-state index in [0.29, 0.717) is 0 Å². The van der Waals surface area contributed by atoms with E-state index in [1.54, 1.807) is 0 Å². The van der Waals surface area contributed by atoms with Crippen LogP contribution in [-0.4, -0.2) is 23.9 Å². The molecule has 3 heteroatoms. The van der Waals surface area contributed by atoms with E-state index in [-0.39, 0.29) is 5.91 Å². The van der Waals surface area contributed by atoms with Gasteiger partial charge in [0.15, 0.2) is 0 Å². The first kappa shape index (κ1) is 11.9. The summed E-state index contributed by atoms with van der Waals surface area (Å²) in [7, 11) is 2.71. The number of allylic oxidation sites excluding steroid dienone is 2. The van der Waals surface area contributed by atoms with Crippen LogP contribution in [-0.2, 0) is 4.79 Å². The van der Waals surface area contributed by atoms with Crippen molar-refractivity contribution in [2.24, 2.45) is 0 Å². The summed E-state index contributed by atoms with van der Waals surface area (Å²) in [5.41, 5.74) is 2.21. The fourth-order valence-corrected chi connectivity index (χ4v) is 3.02. The molecule has 0 spiro atoms. The summed E-state index contributed by atoms with van der Waals surface area (Å²) in [5.74, 6) is 0.248. The molecular formula is C13H20NOP. The average Bonchev–Trinajstić information content (AvgIpc) is 2.30. The summed E-state index contributed by atoms with van der Waals surface area (Å²) in [6, 6.07) is 0. The number of nitrogens with zero attached hydrogens (tertiary/aromatic N) is 1. The Morgan fingerprint density at radius 1 is 1.31 bits per heavy atom. The molecule has 1 atom stereocenters. The van der Waals surface area contributed by atoms with Crippen LogP contribution in [0.3, 0.4) is 0 Å². The second-order valence-corrected chi connectivity index (χ2v) is 5.33. The second kappa shape index (κ2) is 5.14. The van der Waals surface area contributed by atoms with Crippen molar-refractivity contribution in [1.29, 1.82) is 0 Å². The third-order valence-electron chi connectivity index (χ3n) is 3.46. The molecule has 0 aromatic rings. The summed E-state index contributed by atoms with van der Waals surface area (Å²) in [4.78, 5) is 14.4. The van der Waals surface area contributed by atoms with Crippen LogP contribution in [0.1, 0.15) is 39.0 Å². The smallest absolute Gasteiger partial charge is 0.254 e. The van der Waals surface area contributed by atoms with Gasteiger partial charge < -0.3 is 4.90 Å². The van der Waals surface area contributed by atoms with Crippen LogP contribution in [0.4, 0.5) is 0 Å². The van der Waals surface area contributed by atoms with E-state index in [4.69, 9.17) is 0 Å².